The van der Waals surface area contributed by atoms with Gasteiger partial charge in [0.15, 0.2) is 11.5 Å². The molecule has 1 heterocycles. The second-order valence-electron chi connectivity index (χ2n) is 9.23. The highest BCUT2D eigenvalue weighted by molar-refractivity contribution is 6.32. The van der Waals surface area contributed by atoms with E-state index >= 15 is 0 Å². The van der Waals surface area contributed by atoms with Gasteiger partial charge < -0.3 is 34.5 Å². The van der Waals surface area contributed by atoms with Gasteiger partial charge in [-0.1, -0.05) is 17.7 Å². The van der Waals surface area contributed by atoms with Crippen LogP contribution < -0.4 is 29.6 Å². The van der Waals surface area contributed by atoms with Gasteiger partial charge in [0, 0.05) is 23.6 Å². The number of carbonyl (C=O) groups is 1. The maximum absolute atomic E-state index is 12.9. The van der Waals surface area contributed by atoms with E-state index in [1.807, 2.05) is 6.07 Å². The van der Waals surface area contributed by atoms with Crippen molar-refractivity contribution in [2.24, 2.45) is 0 Å². The molecule has 1 aliphatic heterocycles. The van der Waals surface area contributed by atoms with E-state index < -0.39 is 0 Å². The second kappa shape index (κ2) is 10.4. The van der Waals surface area contributed by atoms with Crippen molar-refractivity contribution >= 4 is 23.3 Å². The first-order valence-corrected chi connectivity index (χ1v) is 12.1. The fourth-order valence-electron chi connectivity index (χ4n) is 5.70. The summed E-state index contributed by atoms with van der Waals surface area (Å²) in [6.07, 6.45) is 3.79. The molecule has 1 aliphatic carbocycles. The molecule has 0 bridgehead atoms. The van der Waals surface area contributed by atoms with Crippen molar-refractivity contribution in [1.29, 1.82) is 0 Å². The molecule has 2 N–H and O–H groups in total. The van der Waals surface area contributed by atoms with E-state index in [1.54, 1.807) is 26.4 Å². The Morgan fingerprint density at radius 1 is 0.971 bits per heavy atom. The van der Waals surface area contributed by atoms with Crippen LogP contribution in [0, 0.1) is 0 Å². The van der Waals surface area contributed by atoms with Crippen LogP contribution in [0.15, 0.2) is 30.3 Å². The minimum Gasteiger partial charge on any atom is -0.495 e. The zero-order chi connectivity index (χ0) is 25.2. The molecule has 4 rings (SSSR count). The molecule has 0 aromatic heterocycles. The zero-order valence-corrected chi connectivity index (χ0v) is 21.7. The molecule has 2 fully saturated rings. The number of carbonyl (C=O) groups excluding carboxylic acids is 1. The van der Waals surface area contributed by atoms with Crippen LogP contribution in [-0.4, -0.2) is 65.0 Å². The number of rotatable bonds is 7. The molecule has 1 saturated heterocycles. The number of nitrogens with zero attached hydrogens (tertiary/aromatic N) is 1. The normalized spacial score (nSPS) is 23.8. The quantitative estimate of drug-likeness (QED) is 0.570. The van der Waals surface area contributed by atoms with E-state index in [4.69, 9.17) is 30.5 Å². The number of hydrogen-bond acceptors (Lipinski definition) is 6. The Morgan fingerprint density at radius 3 is 2.37 bits per heavy atom. The number of fused-ring (bicyclic) bond motifs is 1. The highest BCUT2D eigenvalue weighted by Gasteiger charge is 2.50. The van der Waals surface area contributed by atoms with Crippen LogP contribution in [-0.2, 0) is 5.41 Å². The van der Waals surface area contributed by atoms with Crippen LogP contribution in [0.1, 0.15) is 31.2 Å². The van der Waals surface area contributed by atoms with Crippen LogP contribution in [0.2, 0.25) is 5.02 Å². The van der Waals surface area contributed by atoms with Crippen molar-refractivity contribution < 1.29 is 23.7 Å². The van der Waals surface area contributed by atoms with Crippen molar-refractivity contribution in [3.8, 4) is 23.0 Å². The molecule has 8 nitrogen and oxygen atoms in total. The van der Waals surface area contributed by atoms with Gasteiger partial charge in [-0.2, -0.15) is 0 Å². The molecule has 2 aromatic rings. The summed E-state index contributed by atoms with van der Waals surface area (Å²) in [6, 6.07) is 9.63. The van der Waals surface area contributed by atoms with Gasteiger partial charge >= 0.3 is 6.03 Å². The molecule has 0 radical (unpaired) electrons. The minimum atomic E-state index is -0.284. The number of urea groups is 1. The highest BCUT2D eigenvalue weighted by Crippen LogP contribution is 2.50. The number of amides is 2. The van der Waals surface area contributed by atoms with Crippen LogP contribution in [0.4, 0.5) is 10.5 Å². The fourth-order valence-corrected chi connectivity index (χ4v) is 5.94. The number of benzene rings is 2. The topological polar surface area (TPSA) is 81.3 Å². The average Bonchev–Trinajstić information content (AvgIpc) is 3.20. The second-order valence-corrected chi connectivity index (χ2v) is 9.64. The summed E-state index contributed by atoms with van der Waals surface area (Å²) in [5.74, 6) is 2.45. The van der Waals surface area contributed by atoms with Gasteiger partial charge in [0.1, 0.15) is 11.5 Å². The summed E-state index contributed by atoms with van der Waals surface area (Å²) in [5, 5.41) is 6.44. The molecule has 2 amide bonds. The minimum absolute atomic E-state index is 0.0235. The summed E-state index contributed by atoms with van der Waals surface area (Å²) in [6.45, 7) is 1.01. The number of methoxy groups -OCH3 is 4. The van der Waals surface area contributed by atoms with E-state index in [-0.39, 0.29) is 17.5 Å². The Labute approximate surface area is 211 Å². The van der Waals surface area contributed by atoms with Crippen LogP contribution in [0.25, 0.3) is 0 Å². The largest absolute Gasteiger partial charge is 0.495 e. The predicted molar refractivity (Wildman–Crippen MR) is 137 cm³/mol. The number of likely N-dealkylation sites (tertiary alicyclic amines) is 1. The molecule has 1 saturated carbocycles. The summed E-state index contributed by atoms with van der Waals surface area (Å²) < 4.78 is 21.6. The third kappa shape index (κ3) is 4.82. The first-order chi connectivity index (χ1) is 16.8. The van der Waals surface area contributed by atoms with Crippen molar-refractivity contribution in [3.63, 3.8) is 0 Å². The van der Waals surface area contributed by atoms with Gasteiger partial charge in [-0.25, -0.2) is 4.79 Å². The molecular weight excluding hydrogens is 470 g/mol. The molecule has 2 aromatic carbocycles. The van der Waals surface area contributed by atoms with Crippen molar-refractivity contribution in [2.75, 3.05) is 47.3 Å². The molecule has 0 unspecified atom stereocenters. The first-order valence-electron chi connectivity index (χ1n) is 11.8. The Hall–Kier alpha value is -2.84. The lowest BCUT2D eigenvalue weighted by Crippen LogP contribution is -2.52. The SMILES string of the molecule is COc1cc(OC)c(NC(=O)N[C@H]2CC[C@@]3(c4ccc(OC)c(OC)c4)CCN(C)[C@@H]3C2)cc1Cl. The molecular formula is C26H34ClN3O5. The number of ether oxygens (including phenoxy) is 4. The molecule has 0 spiro atoms. The Bertz CT molecular complexity index is 1080. The smallest absolute Gasteiger partial charge is 0.319 e. The summed E-state index contributed by atoms with van der Waals surface area (Å²) in [7, 11) is 8.56. The number of halogens is 1. The molecule has 2 aliphatic rings. The lowest BCUT2D eigenvalue weighted by atomic mass is 9.65. The lowest BCUT2D eigenvalue weighted by Gasteiger charge is -2.45. The maximum atomic E-state index is 12.9. The van der Waals surface area contributed by atoms with Gasteiger partial charge in [-0.3, -0.25) is 0 Å². The fraction of sp³-hybridized carbons (Fsp3) is 0.500. The molecule has 9 heteroatoms. The van der Waals surface area contributed by atoms with E-state index in [0.717, 1.165) is 43.7 Å². The number of anilines is 1. The molecule has 190 valence electrons. The van der Waals surface area contributed by atoms with Crippen LogP contribution in [0.3, 0.4) is 0 Å². The Kier molecular flexibility index (Phi) is 7.52. The van der Waals surface area contributed by atoms with Crippen molar-refractivity contribution in [2.45, 2.75) is 43.2 Å². The Balaban J connectivity index is 1.48. The van der Waals surface area contributed by atoms with Gasteiger partial charge in [-0.15, -0.1) is 0 Å². The van der Waals surface area contributed by atoms with E-state index in [1.165, 1.54) is 19.8 Å². The standard InChI is InChI=1S/C26H34ClN3O5/c1-30-11-10-26(16-6-7-20(32-2)23(12-16)35-5)9-8-17(13-24(26)30)28-25(31)29-19-14-18(27)21(33-3)15-22(19)34-4/h6-7,12,14-15,17,24H,8-11,13H2,1-5H3,(H2,28,29,31)/t17-,24+,26-/m0/s1. The van der Waals surface area contributed by atoms with Crippen LogP contribution in [0.5, 0.6) is 23.0 Å². The summed E-state index contributed by atoms with van der Waals surface area (Å²) in [4.78, 5) is 15.3. The van der Waals surface area contributed by atoms with Gasteiger partial charge in [0.25, 0.3) is 0 Å². The van der Waals surface area contributed by atoms with E-state index in [9.17, 15) is 4.79 Å². The van der Waals surface area contributed by atoms with Gasteiger partial charge in [-0.05, 0) is 63.0 Å². The highest BCUT2D eigenvalue weighted by atomic mass is 35.5. The van der Waals surface area contributed by atoms with Crippen LogP contribution >= 0.6 is 11.6 Å². The number of likely N-dealkylation sites (N-methyl/N-ethyl adjacent to an activating group) is 1. The number of hydrogen-bond donors (Lipinski definition) is 2. The summed E-state index contributed by atoms with van der Waals surface area (Å²) >= 11 is 6.25. The van der Waals surface area contributed by atoms with Crippen molar-refractivity contribution in [3.05, 3.63) is 40.9 Å². The monoisotopic (exact) mass is 503 g/mol. The van der Waals surface area contributed by atoms with Gasteiger partial charge in [0.2, 0.25) is 0 Å². The third-order valence-electron chi connectivity index (χ3n) is 7.54. The number of nitrogens with one attached hydrogen (secondary N) is 2. The first kappa shape index (κ1) is 25.3. The Morgan fingerprint density at radius 2 is 1.69 bits per heavy atom. The maximum Gasteiger partial charge on any atom is 0.319 e. The van der Waals surface area contributed by atoms with E-state index in [2.05, 4.69) is 34.7 Å². The lowest BCUT2D eigenvalue weighted by molar-refractivity contribution is 0.156. The predicted octanol–water partition coefficient (Wildman–Crippen LogP) is 4.69. The zero-order valence-electron chi connectivity index (χ0n) is 20.9. The summed E-state index contributed by atoms with van der Waals surface area (Å²) in [5.41, 5.74) is 1.78. The van der Waals surface area contributed by atoms with Gasteiger partial charge in [0.05, 0.1) is 39.1 Å². The van der Waals surface area contributed by atoms with Crippen molar-refractivity contribution in [1.82, 2.24) is 10.2 Å². The van der Waals surface area contributed by atoms with E-state index in [0.29, 0.717) is 28.3 Å². The molecule has 35 heavy (non-hydrogen) atoms. The average molecular weight is 504 g/mol. The molecule has 3 atom stereocenters. The third-order valence-corrected chi connectivity index (χ3v) is 7.84.